The minimum Gasteiger partial charge on any atom is -0.462 e. The molecule has 1 N–H and O–H groups in total. The van der Waals surface area contributed by atoms with Crippen molar-refractivity contribution < 1.29 is 9.53 Å². The lowest BCUT2D eigenvalue weighted by atomic mass is 10.1. The first-order valence-electron chi connectivity index (χ1n) is 10.6. The largest absolute Gasteiger partial charge is 0.462 e. The van der Waals surface area contributed by atoms with Crippen molar-refractivity contribution in [2.24, 2.45) is 0 Å². The zero-order valence-electron chi connectivity index (χ0n) is 18.3. The van der Waals surface area contributed by atoms with Crippen molar-refractivity contribution in [2.45, 2.75) is 20.3 Å². The summed E-state index contributed by atoms with van der Waals surface area (Å²) in [5, 5.41) is 7.04. The maximum atomic E-state index is 12.4. The molecular weight excluding hydrogens is 456 g/mol. The molecule has 0 amide bonds. The molecule has 168 valence electrons. The molecule has 8 heteroatoms. The summed E-state index contributed by atoms with van der Waals surface area (Å²) in [6, 6.07) is 15.6. The number of halogens is 1. The minimum atomic E-state index is -0.453. The van der Waals surface area contributed by atoms with Crippen molar-refractivity contribution in [2.75, 3.05) is 18.5 Å². The van der Waals surface area contributed by atoms with Gasteiger partial charge < -0.3 is 10.1 Å². The molecule has 2 aromatic carbocycles. The highest BCUT2D eigenvalue weighted by Crippen LogP contribution is 2.23. The fourth-order valence-corrected chi connectivity index (χ4v) is 4.02. The number of ether oxygens (including phenoxy) is 1. The van der Waals surface area contributed by atoms with Gasteiger partial charge in [-0.3, -0.25) is 0 Å². The lowest BCUT2D eigenvalue weighted by Gasteiger charge is -2.12. The second kappa shape index (κ2) is 10.6. The van der Waals surface area contributed by atoms with E-state index in [-0.39, 0.29) is 6.61 Å². The number of aryl methyl sites for hydroxylation is 1. The first kappa shape index (κ1) is 22.9. The third kappa shape index (κ3) is 5.74. The Balaban J connectivity index is 1.48. The van der Waals surface area contributed by atoms with E-state index >= 15 is 0 Å². The Hall–Kier alpha value is -3.29. The molecule has 0 bridgehead atoms. The number of benzene rings is 2. The Morgan fingerprint density at radius 2 is 1.79 bits per heavy atom. The van der Waals surface area contributed by atoms with Crippen molar-refractivity contribution in [1.29, 1.82) is 0 Å². The van der Waals surface area contributed by atoms with Gasteiger partial charge in [0.2, 0.25) is 0 Å². The molecule has 4 aromatic rings. The summed E-state index contributed by atoms with van der Waals surface area (Å²) < 4.78 is 5.17. The molecular formula is C25H23ClN4O2S. The summed E-state index contributed by atoms with van der Waals surface area (Å²) in [6.07, 6.45) is 2.26. The van der Waals surface area contributed by atoms with E-state index in [1.807, 2.05) is 19.1 Å². The van der Waals surface area contributed by atoms with Gasteiger partial charge in [0.15, 0.2) is 5.82 Å². The number of anilines is 1. The van der Waals surface area contributed by atoms with Crippen LogP contribution in [-0.4, -0.2) is 34.1 Å². The molecule has 33 heavy (non-hydrogen) atoms. The number of carbonyl (C=O) groups is 1. The van der Waals surface area contributed by atoms with Crippen molar-refractivity contribution >= 4 is 34.7 Å². The van der Waals surface area contributed by atoms with E-state index in [9.17, 15) is 4.79 Å². The molecule has 0 atom stereocenters. The van der Waals surface area contributed by atoms with Crippen molar-refractivity contribution in [1.82, 2.24) is 15.0 Å². The smallest absolute Gasteiger partial charge is 0.343 e. The first-order valence-corrected chi connectivity index (χ1v) is 11.8. The van der Waals surface area contributed by atoms with Crippen LogP contribution in [0, 0.1) is 6.92 Å². The summed E-state index contributed by atoms with van der Waals surface area (Å²) in [5.74, 6) is 0.499. The number of esters is 1. The lowest BCUT2D eigenvalue weighted by molar-refractivity contribution is 0.0526. The van der Waals surface area contributed by atoms with Crippen LogP contribution in [0.1, 0.15) is 27.9 Å². The average molecular weight is 479 g/mol. The van der Waals surface area contributed by atoms with Crippen molar-refractivity contribution in [3.63, 3.8) is 0 Å². The summed E-state index contributed by atoms with van der Waals surface area (Å²) in [6.45, 7) is 4.65. The topological polar surface area (TPSA) is 77.0 Å². The molecule has 6 nitrogen and oxygen atoms in total. The van der Waals surface area contributed by atoms with Gasteiger partial charge in [-0.05, 0) is 50.1 Å². The monoisotopic (exact) mass is 478 g/mol. The summed E-state index contributed by atoms with van der Waals surface area (Å²) in [7, 11) is 0. The summed E-state index contributed by atoms with van der Waals surface area (Å²) >= 11 is 7.63. The Labute approximate surface area is 201 Å². The first-order chi connectivity index (χ1) is 16.0. The van der Waals surface area contributed by atoms with E-state index in [0.29, 0.717) is 28.8 Å². The predicted molar refractivity (Wildman–Crippen MR) is 133 cm³/mol. The second-order valence-electron chi connectivity index (χ2n) is 7.31. The molecule has 0 radical (unpaired) electrons. The minimum absolute atomic E-state index is 0.280. The normalized spacial score (nSPS) is 10.8. The van der Waals surface area contributed by atoms with Gasteiger partial charge in [0.1, 0.15) is 11.4 Å². The van der Waals surface area contributed by atoms with Crippen molar-refractivity contribution in [3.05, 3.63) is 81.3 Å². The van der Waals surface area contributed by atoms with E-state index in [1.165, 1.54) is 11.8 Å². The SMILES string of the molecule is CCOC(=O)c1cnc(-c2ccc(Cl)cc2)nc1NCCc1ccc(-c2csc(C)n2)cc1. The van der Waals surface area contributed by atoms with Crippen LogP contribution in [0.15, 0.2) is 60.1 Å². The zero-order chi connectivity index (χ0) is 23.2. The van der Waals surface area contributed by atoms with Gasteiger partial charge in [-0.15, -0.1) is 11.3 Å². The summed E-state index contributed by atoms with van der Waals surface area (Å²) in [5.41, 5.74) is 4.39. The van der Waals surface area contributed by atoms with Gasteiger partial charge in [0.05, 0.1) is 17.3 Å². The van der Waals surface area contributed by atoms with E-state index in [2.05, 4.69) is 49.9 Å². The van der Waals surface area contributed by atoms with Crippen LogP contribution in [0.25, 0.3) is 22.6 Å². The fraction of sp³-hybridized carbons (Fsp3) is 0.200. The molecule has 2 heterocycles. The lowest BCUT2D eigenvalue weighted by Crippen LogP contribution is -2.14. The Morgan fingerprint density at radius 1 is 1.06 bits per heavy atom. The maximum Gasteiger partial charge on any atom is 0.343 e. The van der Waals surface area contributed by atoms with Gasteiger partial charge in [0.25, 0.3) is 0 Å². The van der Waals surface area contributed by atoms with Gasteiger partial charge in [0, 0.05) is 34.3 Å². The van der Waals surface area contributed by atoms with Crippen LogP contribution in [-0.2, 0) is 11.2 Å². The van der Waals surface area contributed by atoms with Gasteiger partial charge >= 0.3 is 5.97 Å². The molecule has 0 saturated heterocycles. The van der Waals surface area contributed by atoms with Gasteiger partial charge in [-0.2, -0.15) is 0 Å². The zero-order valence-corrected chi connectivity index (χ0v) is 19.9. The fourth-order valence-electron chi connectivity index (χ4n) is 3.28. The standard InChI is InChI=1S/C25H23ClN4O2S/c1-3-32-25(31)21-14-28-23(19-8-10-20(26)11-9-19)30-24(21)27-13-12-17-4-6-18(7-5-17)22-15-33-16(2)29-22/h4-11,14-15H,3,12-13H2,1-2H3,(H,27,28,30). The maximum absolute atomic E-state index is 12.4. The number of nitrogens with one attached hydrogen (secondary N) is 1. The van der Waals surface area contributed by atoms with Crippen LogP contribution in [0.3, 0.4) is 0 Å². The number of thiazole rings is 1. The van der Waals surface area contributed by atoms with Crippen LogP contribution in [0.4, 0.5) is 5.82 Å². The molecule has 0 aliphatic carbocycles. The molecule has 0 aliphatic heterocycles. The quantitative estimate of drug-likeness (QED) is 0.310. The number of aromatic nitrogens is 3. The highest BCUT2D eigenvalue weighted by atomic mass is 35.5. The average Bonchev–Trinajstić information content (AvgIpc) is 3.26. The molecule has 2 aromatic heterocycles. The van der Waals surface area contributed by atoms with Crippen molar-refractivity contribution in [3.8, 4) is 22.6 Å². The molecule has 4 rings (SSSR count). The Morgan fingerprint density at radius 3 is 2.45 bits per heavy atom. The van der Waals surface area contributed by atoms with Crippen LogP contribution in [0.5, 0.6) is 0 Å². The van der Waals surface area contributed by atoms with E-state index < -0.39 is 5.97 Å². The van der Waals surface area contributed by atoms with Gasteiger partial charge in [-0.25, -0.2) is 19.7 Å². The van der Waals surface area contributed by atoms with Crippen LogP contribution >= 0.6 is 22.9 Å². The molecule has 0 saturated carbocycles. The van der Waals surface area contributed by atoms with E-state index in [0.717, 1.165) is 28.2 Å². The van der Waals surface area contributed by atoms with Gasteiger partial charge in [-0.1, -0.05) is 35.9 Å². The van der Waals surface area contributed by atoms with E-state index in [4.69, 9.17) is 16.3 Å². The number of rotatable bonds is 8. The Kier molecular flexibility index (Phi) is 7.32. The number of carbonyl (C=O) groups excluding carboxylic acids is 1. The molecule has 0 aliphatic rings. The third-order valence-corrected chi connectivity index (χ3v) is 5.99. The number of nitrogens with zero attached hydrogens (tertiary/aromatic N) is 3. The Bertz CT molecular complexity index is 1240. The predicted octanol–water partition coefficient (Wildman–Crippen LogP) is 6.06. The number of hydrogen-bond acceptors (Lipinski definition) is 7. The third-order valence-electron chi connectivity index (χ3n) is 4.96. The molecule has 0 fully saturated rings. The molecule has 0 unspecified atom stereocenters. The van der Waals surface area contributed by atoms with E-state index in [1.54, 1.807) is 30.4 Å². The summed E-state index contributed by atoms with van der Waals surface area (Å²) in [4.78, 5) is 25.9. The highest BCUT2D eigenvalue weighted by Gasteiger charge is 2.16. The number of hydrogen-bond donors (Lipinski definition) is 1. The second-order valence-corrected chi connectivity index (χ2v) is 8.81. The highest BCUT2D eigenvalue weighted by molar-refractivity contribution is 7.09. The molecule has 0 spiro atoms. The van der Waals surface area contributed by atoms with Crippen LogP contribution in [0.2, 0.25) is 5.02 Å². The van der Waals surface area contributed by atoms with Crippen LogP contribution < -0.4 is 5.32 Å².